The van der Waals surface area contributed by atoms with Crippen molar-refractivity contribution in [3.05, 3.63) is 65.0 Å². The molecule has 0 saturated heterocycles. The van der Waals surface area contributed by atoms with Gasteiger partial charge in [0.2, 0.25) is 0 Å². The lowest BCUT2D eigenvalue weighted by Crippen LogP contribution is -2.18. The van der Waals surface area contributed by atoms with E-state index in [9.17, 15) is 4.39 Å². The minimum Gasteiger partial charge on any atom is -0.497 e. The zero-order valence-corrected chi connectivity index (χ0v) is 12.1. The van der Waals surface area contributed by atoms with Crippen LogP contribution in [-0.2, 0) is 13.1 Å². The van der Waals surface area contributed by atoms with E-state index < -0.39 is 5.82 Å². The minimum atomic E-state index is -0.433. The van der Waals surface area contributed by atoms with Gasteiger partial charge in [-0.2, -0.15) is 5.26 Å². The minimum absolute atomic E-state index is 0.0854. The molecule has 0 aliphatic heterocycles. The van der Waals surface area contributed by atoms with Crippen molar-refractivity contribution in [1.82, 2.24) is 4.90 Å². The molecule has 21 heavy (non-hydrogen) atoms. The second-order valence-corrected chi connectivity index (χ2v) is 4.91. The Balaban J connectivity index is 2.08. The van der Waals surface area contributed by atoms with Gasteiger partial charge >= 0.3 is 0 Å². The molecule has 0 aliphatic rings. The van der Waals surface area contributed by atoms with Crippen LogP contribution < -0.4 is 4.74 Å². The van der Waals surface area contributed by atoms with E-state index in [0.29, 0.717) is 18.7 Å². The molecule has 4 heteroatoms. The van der Waals surface area contributed by atoms with Crippen molar-refractivity contribution < 1.29 is 9.13 Å². The van der Waals surface area contributed by atoms with Crippen LogP contribution in [0.5, 0.6) is 5.75 Å². The topological polar surface area (TPSA) is 36.3 Å². The van der Waals surface area contributed by atoms with Crippen LogP contribution in [0, 0.1) is 17.1 Å². The van der Waals surface area contributed by atoms with Gasteiger partial charge in [-0.25, -0.2) is 4.39 Å². The van der Waals surface area contributed by atoms with Crippen LogP contribution in [0.1, 0.15) is 16.7 Å². The zero-order valence-electron chi connectivity index (χ0n) is 12.1. The lowest BCUT2D eigenvalue weighted by Gasteiger charge is -2.18. The first-order valence-electron chi connectivity index (χ1n) is 6.63. The number of rotatable bonds is 5. The number of ether oxygens (including phenoxy) is 1. The maximum atomic E-state index is 14.0. The Morgan fingerprint density at radius 3 is 2.67 bits per heavy atom. The van der Waals surface area contributed by atoms with Crippen LogP contribution >= 0.6 is 0 Å². The Hall–Kier alpha value is -2.38. The predicted octanol–water partition coefficient (Wildman–Crippen LogP) is 3.34. The summed E-state index contributed by atoms with van der Waals surface area (Å²) in [5.74, 6) is 0.371. The fourth-order valence-corrected chi connectivity index (χ4v) is 2.22. The van der Waals surface area contributed by atoms with Gasteiger partial charge in [0.15, 0.2) is 0 Å². The normalized spacial score (nSPS) is 10.4. The second-order valence-electron chi connectivity index (χ2n) is 4.91. The highest BCUT2D eigenvalue weighted by Gasteiger charge is 2.10. The number of hydrogen-bond donors (Lipinski definition) is 0. The Morgan fingerprint density at radius 2 is 1.95 bits per heavy atom. The molecule has 2 rings (SSSR count). The van der Waals surface area contributed by atoms with Crippen LogP contribution in [0.4, 0.5) is 4.39 Å². The molecule has 3 nitrogen and oxygen atoms in total. The van der Waals surface area contributed by atoms with E-state index >= 15 is 0 Å². The Labute approximate surface area is 124 Å². The zero-order chi connectivity index (χ0) is 15.2. The van der Waals surface area contributed by atoms with Crippen molar-refractivity contribution in [1.29, 1.82) is 5.26 Å². The van der Waals surface area contributed by atoms with Gasteiger partial charge < -0.3 is 4.74 Å². The molecule has 108 valence electrons. The van der Waals surface area contributed by atoms with E-state index in [1.165, 1.54) is 6.07 Å². The van der Waals surface area contributed by atoms with Gasteiger partial charge in [-0.15, -0.1) is 0 Å². The highest BCUT2D eigenvalue weighted by Crippen LogP contribution is 2.17. The molecular weight excluding hydrogens is 267 g/mol. The standard InChI is InChI=1S/C17H17FN2O/c1-20(11-13-5-3-8-16(9-13)21-2)12-15-7-4-6-14(10-19)17(15)18/h3-9H,11-12H2,1-2H3. The van der Waals surface area contributed by atoms with Crippen molar-refractivity contribution in [2.45, 2.75) is 13.1 Å². The largest absolute Gasteiger partial charge is 0.497 e. The van der Waals surface area contributed by atoms with E-state index in [4.69, 9.17) is 10.00 Å². The molecule has 0 N–H and O–H groups in total. The van der Waals surface area contributed by atoms with Crippen LogP contribution in [0.25, 0.3) is 0 Å². The van der Waals surface area contributed by atoms with Crippen molar-refractivity contribution >= 4 is 0 Å². The number of nitriles is 1. The molecular formula is C17H17FN2O. The summed E-state index contributed by atoms with van der Waals surface area (Å²) in [4.78, 5) is 1.99. The van der Waals surface area contributed by atoms with E-state index in [-0.39, 0.29) is 5.56 Å². The second kappa shape index (κ2) is 6.87. The summed E-state index contributed by atoms with van der Waals surface area (Å²) in [6.07, 6.45) is 0. The number of benzene rings is 2. The molecule has 0 amide bonds. The summed E-state index contributed by atoms with van der Waals surface area (Å²) in [6, 6.07) is 14.5. The van der Waals surface area contributed by atoms with Gasteiger partial charge in [0, 0.05) is 18.7 Å². The van der Waals surface area contributed by atoms with Gasteiger partial charge in [0.05, 0.1) is 12.7 Å². The quantitative estimate of drug-likeness (QED) is 0.845. The summed E-state index contributed by atoms with van der Waals surface area (Å²) in [7, 11) is 3.55. The van der Waals surface area contributed by atoms with Gasteiger partial charge in [0.25, 0.3) is 0 Å². The smallest absolute Gasteiger partial charge is 0.145 e. The summed E-state index contributed by atoms with van der Waals surface area (Å²) < 4.78 is 19.2. The van der Waals surface area contributed by atoms with E-state index in [2.05, 4.69) is 0 Å². The molecule has 0 unspecified atom stereocenters. The third kappa shape index (κ3) is 3.80. The molecule has 0 bridgehead atoms. The van der Waals surface area contributed by atoms with Crippen LogP contribution in [-0.4, -0.2) is 19.1 Å². The first-order valence-corrected chi connectivity index (χ1v) is 6.63. The first kappa shape index (κ1) is 15.0. The molecule has 0 radical (unpaired) electrons. The van der Waals surface area contributed by atoms with E-state index in [1.54, 1.807) is 19.2 Å². The van der Waals surface area contributed by atoms with E-state index in [1.807, 2.05) is 42.3 Å². The molecule has 2 aromatic carbocycles. The number of nitrogens with zero attached hydrogens (tertiary/aromatic N) is 2. The molecule has 0 atom stereocenters. The molecule has 0 aliphatic carbocycles. The first-order chi connectivity index (χ1) is 10.1. The lowest BCUT2D eigenvalue weighted by molar-refractivity contribution is 0.312. The third-order valence-corrected chi connectivity index (χ3v) is 3.23. The van der Waals surface area contributed by atoms with Gasteiger partial charge in [0.1, 0.15) is 17.6 Å². The third-order valence-electron chi connectivity index (χ3n) is 3.23. The summed E-state index contributed by atoms with van der Waals surface area (Å²) in [5, 5.41) is 8.85. The SMILES string of the molecule is COc1cccc(CN(C)Cc2cccc(C#N)c2F)c1. The maximum Gasteiger partial charge on any atom is 0.145 e. The van der Waals surface area contributed by atoms with Gasteiger partial charge in [-0.05, 0) is 30.8 Å². The fourth-order valence-electron chi connectivity index (χ4n) is 2.22. The molecule has 0 saturated carbocycles. The number of halogens is 1. The van der Waals surface area contributed by atoms with Gasteiger partial charge in [-0.3, -0.25) is 4.90 Å². The number of methoxy groups -OCH3 is 1. The highest BCUT2D eigenvalue weighted by atomic mass is 19.1. The van der Waals surface area contributed by atoms with Crippen LogP contribution in [0.2, 0.25) is 0 Å². The predicted molar refractivity (Wildman–Crippen MR) is 79.3 cm³/mol. The van der Waals surface area contributed by atoms with Crippen molar-refractivity contribution in [2.75, 3.05) is 14.2 Å². The van der Waals surface area contributed by atoms with Crippen molar-refractivity contribution in [2.24, 2.45) is 0 Å². The molecule has 0 aromatic heterocycles. The molecule has 0 spiro atoms. The highest BCUT2D eigenvalue weighted by molar-refractivity contribution is 5.35. The lowest BCUT2D eigenvalue weighted by atomic mass is 10.1. The summed E-state index contributed by atoms with van der Waals surface area (Å²) in [5.41, 5.74) is 1.70. The monoisotopic (exact) mass is 284 g/mol. The Bertz CT molecular complexity index is 664. The van der Waals surface area contributed by atoms with Crippen LogP contribution in [0.15, 0.2) is 42.5 Å². The number of hydrogen-bond acceptors (Lipinski definition) is 3. The average molecular weight is 284 g/mol. The summed E-state index contributed by atoms with van der Waals surface area (Å²) in [6.45, 7) is 1.12. The van der Waals surface area contributed by atoms with Crippen molar-refractivity contribution in [3.8, 4) is 11.8 Å². The molecule has 2 aromatic rings. The molecule has 0 heterocycles. The summed E-state index contributed by atoms with van der Waals surface area (Å²) >= 11 is 0. The fraction of sp³-hybridized carbons (Fsp3) is 0.235. The van der Waals surface area contributed by atoms with Gasteiger partial charge in [-0.1, -0.05) is 24.3 Å². The maximum absolute atomic E-state index is 14.0. The van der Waals surface area contributed by atoms with Crippen molar-refractivity contribution in [3.63, 3.8) is 0 Å². The Morgan fingerprint density at radius 1 is 1.19 bits per heavy atom. The van der Waals surface area contributed by atoms with E-state index in [0.717, 1.165) is 11.3 Å². The van der Waals surface area contributed by atoms with Crippen LogP contribution in [0.3, 0.4) is 0 Å². The molecule has 0 fully saturated rings. The Kier molecular flexibility index (Phi) is 4.91. The average Bonchev–Trinajstić information content (AvgIpc) is 2.49.